The maximum Gasteiger partial charge on any atom is 0.424 e. The minimum Gasteiger partial charge on any atom is -0.374 e. The van der Waals surface area contributed by atoms with E-state index in [1.165, 1.54) is 24.7 Å². The number of rotatable bonds is 5. The van der Waals surface area contributed by atoms with E-state index in [4.69, 9.17) is 0 Å². The predicted octanol–water partition coefficient (Wildman–Crippen LogP) is 3.03. The fourth-order valence-electron chi connectivity index (χ4n) is 2.56. The highest BCUT2D eigenvalue weighted by Crippen LogP contribution is 2.43. The van der Waals surface area contributed by atoms with Gasteiger partial charge in [-0.25, -0.2) is 4.98 Å². The molecule has 1 aromatic carbocycles. The van der Waals surface area contributed by atoms with Crippen LogP contribution in [0.15, 0.2) is 36.0 Å². The molecule has 0 bridgehead atoms. The van der Waals surface area contributed by atoms with E-state index in [0.29, 0.717) is 28.4 Å². The number of amides is 1. The summed E-state index contributed by atoms with van der Waals surface area (Å²) in [7, 11) is 1.74. The number of benzene rings is 1. The lowest BCUT2D eigenvalue weighted by Crippen LogP contribution is -2.45. The third kappa shape index (κ3) is 3.90. The van der Waals surface area contributed by atoms with Gasteiger partial charge in [-0.3, -0.25) is 4.79 Å². The van der Waals surface area contributed by atoms with E-state index >= 15 is 0 Å². The number of anilines is 1. The Morgan fingerprint density at radius 1 is 1.36 bits per heavy atom. The van der Waals surface area contributed by atoms with Crippen LogP contribution in [0, 0.1) is 6.92 Å². The predicted molar refractivity (Wildman–Crippen MR) is 96.5 cm³/mol. The summed E-state index contributed by atoms with van der Waals surface area (Å²) in [5.41, 5.74) is -2.14. The van der Waals surface area contributed by atoms with Crippen molar-refractivity contribution in [1.29, 1.82) is 0 Å². The second-order valence-electron chi connectivity index (χ2n) is 6.22. The number of aliphatic hydroxyl groups is 1. The number of aryl methyl sites for hydroxylation is 2. The Morgan fingerprint density at radius 2 is 2.11 bits per heavy atom. The summed E-state index contributed by atoms with van der Waals surface area (Å²) in [4.78, 5) is 16.0. The summed E-state index contributed by atoms with van der Waals surface area (Å²) in [5, 5.41) is 21.2. The van der Waals surface area contributed by atoms with Gasteiger partial charge in [0.05, 0.1) is 6.42 Å². The molecule has 0 saturated heterocycles. The van der Waals surface area contributed by atoms with Crippen LogP contribution in [0.3, 0.4) is 0 Å². The highest BCUT2D eigenvalue weighted by molar-refractivity contribution is 7.09. The summed E-state index contributed by atoms with van der Waals surface area (Å²) < 4.78 is 42.2. The van der Waals surface area contributed by atoms with Gasteiger partial charge < -0.3 is 15.0 Å². The molecule has 0 fully saturated rings. The molecule has 0 spiro atoms. The monoisotopic (exact) mass is 411 g/mol. The van der Waals surface area contributed by atoms with Gasteiger partial charge in [0.1, 0.15) is 11.3 Å². The standard InChI is InChI=1S/C17H16F3N5O2S/c1-10-8-28-15(22-10)16(27,17(18,19)20)7-13(26)23-12-5-3-4-11(6-12)14-24-21-9-25(14)2/h3-6,8-9,27H,7H2,1-2H3,(H,23,26). The minimum atomic E-state index is -5.06. The van der Waals surface area contributed by atoms with Gasteiger partial charge in [-0.2, -0.15) is 13.2 Å². The van der Waals surface area contributed by atoms with Gasteiger partial charge >= 0.3 is 6.18 Å². The van der Waals surface area contributed by atoms with Crippen LogP contribution >= 0.6 is 11.3 Å². The average Bonchev–Trinajstić information content (AvgIpc) is 3.22. The van der Waals surface area contributed by atoms with Crippen LogP contribution in [0.4, 0.5) is 18.9 Å². The molecular weight excluding hydrogens is 395 g/mol. The smallest absolute Gasteiger partial charge is 0.374 e. The van der Waals surface area contributed by atoms with Crippen LogP contribution < -0.4 is 5.32 Å². The maximum atomic E-state index is 13.5. The Kier molecular flexibility index (Phi) is 5.22. The molecule has 2 N–H and O–H groups in total. The zero-order valence-corrected chi connectivity index (χ0v) is 15.7. The molecule has 3 rings (SSSR count). The number of alkyl halides is 3. The number of nitrogens with zero attached hydrogens (tertiary/aromatic N) is 4. The molecule has 1 unspecified atom stereocenters. The van der Waals surface area contributed by atoms with Gasteiger partial charge in [0, 0.05) is 29.4 Å². The van der Waals surface area contributed by atoms with Crippen molar-refractivity contribution in [3.8, 4) is 11.4 Å². The Bertz CT molecular complexity index is 1000. The number of aromatic nitrogens is 4. The molecule has 0 aliphatic heterocycles. The first-order valence-electron chi connectivity index (χ1n) is 8.06. The molecule has 1 atom stereocenters. The van der Waals surface area contributed by atoms with E-state index in [-0.39, 0.29) is 5.69 Å². The van der Waals surface area contributed by atoms with Gasteiger partial charge in [0.25, 0.3) is 0 Å². The molecule has 1 amide bonds. The SMILES string of the molecule is Cc1csc(C(O)(CC(=O)Nc2cccc(-c3nncn3C)c2)C(F)(F)F)n1. The summed E-state index contributed by atoms with van der Waals surface area (Å²) in [5.74, 6) is -0.469. The third-order valence-corrected chi connectivity index (χ3v) is 5.09. The Morgan fingerprint density at radius 3 is 2.68 bits per heavy atom. The third-order valence-electron chi connectivity index (χ3n) is 3.97. The van der Waals surface area contributed by atoms with Crippen LogP contribution in [0.25, 0.3) is 11.4 Å². The molecule has 11 heteroatoms. The number of halogens is 3. The quantitative estimate of drug-likeness (QED) is 0.673. The van der Waals surface area contributed by atoms with Crippen molar-refractivity contribution in [3.63, 3.8) is 0 Å². The van der Waals surface area contributed by atoms with Gasteiger partial charge in [0.2, 0.25) is 11.5 Å². The molecule has 0 aliphatic rings. The lowest BCUT2D eigenvalue weighted by Gasteiger charge is -2.27. The van der Waals surface area contributed by atoms with Crippen LogP contribution in [0.5, 0.6) is 0 Å². The highest BCUT2D eigenvalue weighted by atomic mass is 32.1. The van der Waals surface area contributed by atoms with Crippen molar-refractivity contribution in [3.05, 3.63) is 46.7 Å². The lowest BCUT2D eigenvalue weighted by atomic mass is 9.99. The molecule has 2 aromatic heterocycles. The Labute approximate surface area is 161 Å². The van der Waals surface area contributed by atoms with Gasteiger partial charge in [-0.05, 0) is 19.1 Å². The number of hydrogen-bond acceptors (Lipinski definition) is 6. The zero-order valence-electron chi connectivity index (χ0n) is 14.9. The van der Waals surface area contributed by atoms with Crippen molar-refractivity contribution >= 4 is 22.9 Å². The van der Waals surface area contributed by atoms with E-state index in [0.717, 1.165) is 0 Å². The van der Waals surface area contributed by atoms with E-state index in [1.54, 1.807) is 29.8 Å². The van der Waals surface area contributed by atoms with Gasteiger partial charge in [-0.15, -0.1) is 21.5 Å². The number of nitrogens with one attached hydrogen (secondary N) is 1. The number of carbonyl (C=O) groups is 1. The molecule has 28 heavy (non-hydrogen) atoms. The van der Waals surface area contributed by atoms with E-state index in [2.05, 4.69) is 20.5 Å². The summed E-state index contributed by atoms with van der Waals surface area (Å²) in [6.45, 7) is 1.51. The Hall–Kier alpha value is -2.79. The van der Waals surface area contributed by atoms with Crippen molar-refractivity contribution in [1.82, 2.24) is 19.7 Å². The molecule has 0 saturated carbocycles. The van der Waals surface area contributed by atoms with Crippen LogP contribution in [0.1, 0.15) is 17.1 Å². The number of thiazole rings is 1. The summed E-state index contributed by atoms with van der Waals surface area (Å²) in [6.07, 6.45) is -4.77. The Balaban J connectivity index is 1.82. The zero-order chi connectivity index (χ0) is 20.5. The maximum absolute atomic E-state index is 13.5. The molecule has 148 valence electrons. The van der Waals surface area contributed by atoms with Crippen LogP contribution in [0.2, 0.25) is 0 Å². The van der Waals surface area contributed by atoms with Crippen LogP contribution in [-0.4, -0.2) is 36.9 Å². The molecule has 0 aliphatic carbocycles. The number of carbonyl (C=O) groups excluding carboxylic acids is 1. The average molecular weight is 411 g/mol. The minimum absolute atomic E-state index is 0.269. The first-order chi connectivity index (χ1) is 13.1. The molecule has 0 radical (unpaired) electrons. The van der Waals surface area contributed by atoms with Crippen molar-refractivity contribution in [2.24, 2.45) is 7.05 Å². The summed E-state index contributed by atoms with van der Waals surface area (Å²) >= 11 is 0.655. The summed E-state index contributed by atoms with van der Waals surface area (Å²) in [6, 6.07) is 6.43. The van der Waals surface area contributed by atoms with E-state index in [1.807, 2.05) is 0 Å². The second-order valence-corrected chi connectivity index (χ2v) is 7.08. The lowest BCUT2D eigenvalue weighted by molar-refractivity contribution is -0.266. The van der Waals surface area contributed by atoms with E-state index in [9.17, 15) is 23.1 Å². The van der Waals surface area contributed by atoms with E-state index < -0.39 is 29.1 Å². The molecule has 2 heterocycles. The van der Waals surface area contributed by atoms with Gasteiger partial charge in [-0.1, -0.05) is 12.1 Å². The van der Waals surface area contributed by atoms with Crippen molar-refractivity contribution < 1.29 is 23.1 Å². The van der Waals surface area contributed by atoms with Crippen molar-refractivity contribution in [2.75, 3.05) is 5.32 Å². The normalized spacial score (nSPS) is 13.9. The largest absolute Gasteiger partial charge is 0.424 e. The fraction of sp³-hybridized carbons (Fsp3) is 0.294. The fourth-order valence-corrected chi connectivity index (χ4v) is 3.47. The number of hydrogen-bond donors (Lipinski definition) is 2. The van der Waals surface area contributed by atoms with Gasteiger partial charge in [0.15, 0.2) is 5.82 Å². The first kappa shape index (κ1) is 20.0. The second kappa shape index (κ2) is 7.32. The highest BCUT2D eigenvalue weighted by Gasteiger charge is 2.58. The molecule has 3 aromatic rings. The topological polar surface area (TPSA) is 92.9 Å². The molecular formula is C17H16F3N5O2S. The van der Waals surface area contributed by atoms with Crippen LogP contribution in [-0.2, 0) is 17.4 Å². The van der Waals surface area contributed by atoms with Crippen molar-refractivity contribution in [2.45, 2.75) is 25.1 Å². The first-order valence-corrected chi connectivity index (χ1v) is 8.94. The molecule has 7 nitrogen and oxygen atoms in total.